The molecule has 4 nitrogen and oxygen atoms in total. The fourth-order valence-corrected chi connectivity index (χ4v) is 2.00. The summed E-state index contributed by atoms with van der Waals surface area (Å²) in [4.78, 5) is 19.8. The highest BCUT2D eigenvalue weighted by Gasteiger charge is 2.19. The Morgan fingerprint density at radius 3 is 2.39 bits per heavy atom. The number of carbonyl (C=O) groups is 1. The Hall–Kier alpha value is -2.23. The van der Waals surface area contributed by atoms with Gasteiger partial charge in [0, 0.05) is 5.56 Å². The Labute approximate surface area is 105 Å². The molecule has 1 aromatic heterocycles. The van der Waals surface area contributed by atoms with Gasteiger partial charge in [-0.2, -0.15) is 0 Å². The lowest BCUT2D eigenvalue weighted by molar-refractivity contribution is 0.0696. The van der Waals surface area contributed by atoms with Crippen molar-refractivity contribution in [3.63, 3.8) is 0 Å². The average Bonchev–Trinajstić information content (AvgIpc) is 2.27. The fraction of sp³-hybridized carbons (Fsp3) is 0.214. The number of carboxylic acids is 1. The van der Waals surface area contributed by atoms with Crippen LogP contribution in [0.15, 0.2) is 24.3 Å². The van der Waals surface area contributed by atoms with E-state index in [0.717, 1.165) is 11.1 Å². The van der Waals surface area contributed by atoms with Crippen LogP contribution < -0.4 is 0 Å². The van der Waals surface area contributed by atoms with Crippen LogP contribution in [0, 0.1) is 20.8 Å². The molecule has 2 aromatic rings. The zero-order valence-electron chi connectivity index (χ0n) is 10.6. The third kappa shape index (κ3) is 2.09. The molecule has 4 heteroatoms. The summed E-state index contributed by atoms with van der Waals surface area (Å²) in [6.45, 7) is 5.40. The van der Waals surface area contributed by atoms with Crippen LogP contribution >= 0.6 is 0 Å². The van der Waals surface area contributed by atoms with Gasteiger partial charge in [0.25, 0.3) is 0 Å². The minimum absolute atomic E-state index is 0.176. The Morgan fingerprint density at radius 2 is 1.78 bits per heavy atom. The molecule has 18 heavy (non-hydrogen) atoms. The predicted octanol–water partition coefficient (Wildman–Crippen LogP) is 2.77. The third-order valence-electron chi connectivity index (χ3n) is 2.82. The molecule has 1 N–H and O–H groups in total. The predicted molar refractivity (Wildman–Crippen MR) is 68.6 cm³/mol. The Morgan fingerprint density at radius 1 is 1.11 bits per heavy atom. The molecule has 1 heterocycles. The molecule has 0 radical (unpaired) electrons. The SMILES string of the molecule is Cc1nc(C)c(C(=O)O)c(-c2ccccc2C)n1. The van der Waals surface area contributed by atoms with Crippen molar-refractivity contribution in [2.75, 3.05) is 0 Å². The second-order valence-electron chi connectivity index (χ2n) is 4.20. The monoisotopic (exact) mass is 242 g/mol. The van der Waals surface area contributed by atoms with Gasteiger partial charge in [-0.05, 0) is 26.3 Å². The maximum absolute atomic E-state index is 11.4. The first kappa shape index (κ1) is 12.2. The number of aromatic carboxylic acids is 1. The quantitative estimate of drug-likeness (QED) is 0.879. The van der Waals surface area contributed by atoms with Gasteiger partial charge < -0.3 is 5.11 Å². The van der Waals surface area contributed by atoms with Gasteiger partial charge >= 0.3 is 5.97 Å². The van der Waals surface area contributed by atoms with E-state index in [1.165, 1.54) is 0 Å². The maximum Gasteiger partial charge on any atom is 0.339 e. The van der Waals surface area contributed by atoms with Crippen LogP contribution in [0.25, 0.3) is 11.3 Å². The van der Waals surface area contributed by atoms with Gasteiger partial charge in [-0.25, -0.2) is 14.8 Å². The summed E-state index contributed by atoms with van der Waals surface area (Å²) in [7, 11) is 0. The largest absolute Gasteiger partial charge is 0.478 e. The van der Waals surface area contributed by atoms with Crippen LogP contribution in [-0.2, 0) is 0 Å². The molecule has 92 valence electrons. The molecule has 0 atom stereocenters. The summed E-state index contributed by atoms with van der Waals surface area (Å²) in [6, 6.07) is 7.61. The van der Waals surface area contributed by atoms with Crippen molar-refractivity contribution in [2.24, 2.45) is 0 Å². The molecule has 2 rings (SSSR count). The van der Waals surface area contributed by atoms with Gasteiger partial charge in [0.2, 0.25) is 0 Å². The van der Waals surface area contributed by atoms with E-state index in [2.05, 4.69) is 9.97 Å². The second kappa shape index (κ2) is 4.56. The molecular formula is C14H14N2O2. The van der Waals surface area contributed by atoms with Crippen LogP contribution in [0.5, 0.6) is 0 Å². The molecule has 0 aliphatic carbocycles. The average molecular weight is 242 g/mol. The van der Waals surface area contributed by atoms with Crippen LogP contribution in [0.4, 0.5) is 0 Å². The van der Waals surface area contributed by atoms with E-state index in [9.17, 15) is 9.90 Å². The first-order chi connectivity index (χ1) is 8.50. The van der Waals surface area contributed by atoms with Crippen molar-refractivity contribution in [2.45, 2.75) is 20.8 Å². The second-order valence-corrected chi connectivity index (χ2v) is 4.20. The summed E-state index contributed by atoms with van der Waals surface area (Å²) < 4.78 is 0. The summed E-state index contributed by atoms with van der Waals surface area (Å²) in [5.74, 6) is -0.415. The zero-order valence-corrected chi connectivity index (χ0v) is 10.6. The number of aryl methyl sites for hydroxylation is 3. The van der Waals surface area contributed by atoms with E-state index in [0.29, 0.717) is 17.2 Å². The van der Waals surface area contributed by atoms with Crippen molar-refractivity contribution >= 4 is 5.97 Å². The zero-order chi connectivity index (χ0) is 13.3. The molecular weight excluding hydrogens is 228 g/mol. The van der Waals surface area contributed by atoms with E-state index >= 15 is 0 Å². The highest BCUT2D eigenvalue weighted by molar-refractivity contribution is 5.96. The van der Waals surface area contributed by atoms with E-state index in [1.807, 2.05) is 31.2 Å². The molecule has 0 bridgehead atoms. The standard InChI is InChI=1S/C14H14N2O2/c1-8-6-4-5-7-11(8)13-12(14(17)18)9(2)15-10(3)16-13/h4-7H,1-3H3,(H,17,18). The topological polar surface area (TPSA) is 63.1 Å². The van der Waals surface area contributed by atoms with Crippen molar-refractivity contribution in [1.82, 2.24) is 9.97 Å². The summed E-state index contributed by atoms with van der Waals surface area (Å²) >= 11 is 0. The van der Waals surface area contributed by atoms with Crippen LogP contribution in [0.3, 0.4) is 0 Å². The molecule has 0 aliphatic rings. The lowest BCUT2D eigenvalue weighted by Gasteiger charge is -2.11. The van der Waals surface area contributed by atoms with Crippen molar-refractivity contribution in [1.29, 1.82) is 0 Å². The van der Waals surface area contributed by atoms with Gasteiger partial charge in [0.05, 0.1) is 11.4 Å². The van der Waals surface area contributed by atoms with E-state index < -0.39 is 5.97 Å². The van der Waals surface area contributed by atoms with Gasteiger partial charge in [0.1, 0.15) is 11.4 Å². The molecule has 0 spiro atoms. The number of carboxylic acid groups (broad SMARTS) is 1. The number of benzene rings is 1. The number of hydrogen-bond donors (Lipinski definition) is 1. The highest BCUT2D eigenvalue weighted by Crippen LogP contribution is 2.26. The highest BCUT2D eigenvalue weighted by atomic mass is 16.4. The lowest BCUT2D eigenvalue weighted by Crippen LogP contribution is -2.09. The molecule has 0 amide bonds. The number of rotatable bonds is 2. The van der Waals surface area contributed by atoms with Gasteiger partial charge in [-0.1, -0.05) is 24.3 Å². The van der Waals surface area contributed by atoms with Crippen LogP contribution in [0.2, 0.25) is 0 Å². The van der Waals surface area contributed by atoms with Gasteiger partial charge in [-0.3, -0.25) is 0 Å². The molecule has 0 unspecified atom stereocenters. The summed E-state index contributed by atoms with van der Waals surface area (Å²) in [6.07, 6.45) is 0. The Balaban J connectivity index is 2.78. The Bertz CT molecular complexity index is 621. The third-order valence-corrected chi connectivity index (χ3v) is 2.82. The van der Waals surface area contributed by atoms with Crippen molar-refractivity contribution in [3.8, 4) is 11.3 Å². The van der Waals surface area contributed by atoms with Crippen LogP contribution in [-0.4, -0.2) is 21.0 Å². The normalized spacial score (nSPS) is 10.4. The van der Waals surface area contributed by atoms with E-state index in [4.69, 9.17) is 0 Å². The minimum Gasteiger partial charge on any atom is -0.478 e. The lowest BCUT2D eigenvalue weighted by atomic mass is 10.0. The summed E-state index contributed by atoms with van der Waals surface area (Å²) in [5.41, 5.74) is 3.00. The van der Waals surface area contributed by atoms with E-state index in [1.54, 1.807) is 13.8 Å². The first-order valence-electron chi connectivity index (χ1n) is 5.65. The maximum atomic E-state index is 11.4. The Kier molecular flexibility index (Phi) is 3.10. The number of nitrogens with zero attached hydrogens (tertiary/aromatic N) is 2. The molecule has 0 saturated heterocycles. The molecule has 0 saturated carbocycles. The molecule has 1 aromatic carbocycles. The van der Waals surface area contributed by atoms with Gasteiger partial charge in [-0.15, -0.1) is 0 Å². The van der Waals surface area contributed by atoms with Crippen LogP contribution in [0.1, 0.15) is 27.4 Å². The smallest absolute Gasteiger partial charge is 0.339 e. The summed E-state index contributed by atoms with van der Waals surface area (Å²) in [5, 5.41) is 9.31. The van der Waals surface area contributed by atoms with Crippen molar-refractivity contribution < 1.29 is 9.90 Å². The van der Waals surface area contributed by atoms with Crippen molar-refractivity contribution in [3.05, 3.63) is 46.9 Å². The number of aromatic nitrogens is 2. The van der Waals surface area contributed by atoms with E-state index in [-0.39, 0.29) is 5.56 Å². The molecule has 0 aliphatic heterocycles. The number of hydrogen-bond acceptors (Lipinski definition) is 3. The minimum atomic E-state index is -0.995. The molecule has 0 fully saturated rings. The first-order valence-corrected chi connectivity index (χ1v) is 5.65. The fourth-order valence-electron chi connectivity index (χ4n) is 2.00. The van der Waals surface area contributed by atoms with Gasteiger partial charge in [0.15, 0.2) is 0 Å².